The molecule has 1 heterocycles. The summed E-state index contributed by atoms with van der Waals surface area (Å²) in [6, 6.07) is 5.38. The van der Waals surface area contributed by atoms with Crippen LogP contribution in [0.25, 0.3) is 0 Å². The summed E-state index contributed by atoms with van der Waals surface area (Å²) >= 11 is 6.27. The van der Waals surface area contributed by atoms with Crippen LogP contribution in [-0.2, 0) is 0 Å². The largest absolute Gasteiger partial charge is 0.496 e. The molecule has 1 N–H and O–H groups in total. The highest BCUT2D eigenvalue weighted by Gasteiger charge is 2.40. The van der Waals surface area contributed by atoms with Crippen LogP contribution in [0.4, 0.5) is 0 Å². The highest BCUT2D eigenvalue weighted by Crippen LogP contribution is 2.37. The predicted molar refractivity (Wildman–Crippen MR) is 90.0 cm³/mol. The van der Waals surface area contributed by atoms with Crippen LogP contribution >= 0.6 is 11.6 Å². The van der Waals surface area contributed by atoms with E-state index in [1.54, 1.807) is 25.3 Å². The maximum Gasteiger partial charge on any atom is 0.259 e. The summed E-state index contributed by atoms with van der Waals surface area (Å²) in [5.74, 6) is 0.619. The van der Waals surface area contributed by atoms with Crippen molar-refractivity contribution < 1.29 is 14.6 Å². The number of aliphatic hydroxyl groups is 1. The van der Waals surface area contributed by atoms with Crippen molar-refractivity contribution in [1.29, 1.82) is 0 Å². The van der Waals surface area contributed by atoms with E-state index in [-0.39, 0.29) is 24.0 Å². The Balaban J connectivity index is 1.86. The van der Waals surface area contributed by atoms with E-state index >= 15 is 0 Å². The molecule has 0 radical (unpaired) electrons. The lowest BCUT2D eigenvalue weighted by molar-refractivity contribution is 0.0210. The molecule has 1 saturated carbocycles. The van der Waals surface area contributed by atoms with E-state index in [0.717, 1.165) is 45.1 Å². The van der Waals surface area contributed by atoms with Gasteiger partial charge in [-0.05, 0) is 37.8 Å². The number of aliphatic hydroxyl groups excluding tert-OH is 1. The van der Waals surface area contributed by atoms with Crippen LogP contribution in [0, 0.1) is 5.92 Å². The first-order chi connectivity index (χ1) is 11.1. The second-order valence-electron chi connectivity index (χ2n) is 6.54. The first-order valence-corrected chi connectivity index (χ1v) is 8.83. The van der Waals surface area contributed by atoms with Crippen molar-refractivity contribution >= 4 is 17.5 Å². The van der Waals surface area contributed by atoms with Gasteiger partial charge in [0, 0.05) is 18.5 Å². The number of methoxy groups -OCH3 is 1. The zero-order chi connectivity index (χ0) is 16.4. The molecule has 0 spiro atoms. The molecule has 4 nitrogen and oxygen atoms in total. The molecular formula is C18H24ClNO3. The van der Waals surface area contributed by atoms with Crippen LogP contribution < -0.4 is 4.74 Å². The molecule has 1 saturated heterocycles. The highest BCUT2D eigenvalue weighted by molar-refractivity contribution is 6.34. The van der Waals surface area contributed by atoms with Gasteiger partial charge in [-0.1, -0.05) is 30.5 Å². The van der Waals surface area contributed by atoms with Crippen LogP contribution in [0.15, 0.2) is 18.2 Å². The van der Waals surface area contributed by atoms with Gasteiger partial charge in [0.25, 0.3) is 5.91 Å². The maximum atomic E-state index is 13.1. The molecular weight excluding hydrogens is 314 g/mol. The topological polar surface area (TPSA) is 49.8 Å². The number of carbonyl (C=O) groups is 1. The average molecular weight is 338 g/mol. The molecule has 5 heteroatoms. The standard InChI is InChI=1S/C18H24ClNO3/c1-23-16-10-4-7-13(19)17(16)18(22)20-11-5-8-14(20)12-6-2-3-9-15(12)21/h4,7,10,12,14-15,21H,2-3,5-6,8-9,11H2,1H3/t12-,14+,15-/m0/s1. The summed E-state index contributed by atoms with van der Waals surface area (Å²) in [4.78, 5) is 15.0. The minimum absolute atomic E-state index is 0.0762. The minimum atomic E-state index is -0.296. The van der Waals surface area contributed by atoms with E-state index in [1.165, 1.54) is 0 Å². The molecule has 1 aromatic rings. The minimum Gasteiger partial charge on any atom is -0.496 e. The third kappa shape index (κ3) is 3.20. The Morgan fingerprint density at radius 3 is 2.78 bits per heavy atom. The van der Waals surface area contributed by atoms with Crippen molar-refractivity contribution in [3.05, 3.63) is 28.8 Å². The van der Waals surface area contributed by atoms with E-state index in [0.29, 0.717) is 16.3 Å². The van der Waals surface area contributed by atoms with E-state index in [9.17, 15) is 9.90 Å². The highest BCUT2D eigenvalue weighted by atomic mass is 35.5. The van der Waals surface area contributed by atoms with Gasteiger partial charge >= 0.3 is 0 Å². The van der Waals surface area contributed by atoms with E-state index in [2.05, 4.69) is 0 Å². The van der Waals surface area contributed by atoms with Crippen LogP contribution in [0.3, 0.4) is 0 Å². The Morgan fingerprint density at radius 2 is 2.04 bits per heavy atom. The van der Waals surface area contributed by atoms with Gasteiger partial charge in [-0.2, -0.15) is 0 Å². The van der Waals surface area contributed by atoms with E-state index in [1.807, 2.05) is 4.90 Å². The molecule has 23 heavy (non-hydrogen) atoms. The van der Waals surface area contributed by atoms with Crippen LogP contribution in [0.1, 0.15) is 48.9 Å². The average Bonchev–Trinajstić information content (AvgIpc) is 3.03. The van der Waals surface area contributed by atoms with Crippen LogP contribution in [-0.4, -0.2) is 41.7 Å². The van der Waals surface area contributed by atoms with Gasteiger partial charge in [0.15, 0.2) is 0 Å². The molecule has 1 aliphatic carbocycles. The molecule has 0 unspecified atom stereocenters. The fourth-order valence-electron chi connectivity index (χ4n) is 4.10. The van der Waals surface area contributed by atoms with Crippen LogP contribution in [0.5, 0.6) is 5.75 Å². The molecule has 0 bridgehead atoms. The molecule has 1 aliphatic heterocycles. The van der Waals surface area contributed by atoms with Gasteiger partial charge in [-0.3, -0.25) is 4.79 Å². The van der Waals surface area contributed by atoms with Crippen LogP contribution in [0.2, 0.25) is 5.02 Å². The lowest BCUT2D eigenvalue weighted by Crippen LogP contribution is -2.45. The summed E-state index contributed by atoms with van der Waals surface area (Å²) in [6.07, 6.45) is 5.70. The Kier molecular flexibility index (Phi) is 5.12. The first-order valence-electron chi connectivity index (χ1n) is 8.45. The number of ether oxygens (including phenoxy) is 1. The molecule has 0 aromatic heterocycles. The number of likely N-dealkylation sites (tertiary alicyclic amines) is 1. The smallest absolute Gasteiger partial charge is 0.259 e. The van der Waals surface area contributed by atoms with Gasteiger partial charge < -0.3 is 14.7 Å². The second-order valence-corrected chi connectivity index (χ2v) is 6.95. The molecule has 126 valence electrons. The van der Waals surface area contributed by atoms with Crippen molar-refractivity contribution in [3.63, 3.8) is 0 Å². The number of hydrogen-bond acceptors (Lipinski definition) is 3. The monoisotopic (exact) mass is 337 g/mol. The normalized spacial score (nSPS) is 28.0. The lowest BCUT2D eigenvalue weighted by atomic mass is 9.80. The molecule has 2 fully saturated rings. The molecule has 2 aliphatic rings. The van der Waals surface area contributed by atoms with Gasteiger partial charge in [-0.15, -0.1) is 0 Å². The third-order valence-electron chi connectivity index (χ3n) is 5.25. The zero-order valence-electron chi connectivity index (χ0n) is 13.5. The number of benzene rings is 1. The number of hydrogen-bond donors (Lipinski definition) is 1. The Hall–Kier alpha value is -1.26. The Bertz CT molecular complexity index is 577. The number of rotatable bonds is 3. The SMILES string of the molecule is COc1cccc(Cl)c1C(=O)N1CCC[C@@H]1[C@@H]1CCCC[C@@H]1O. The predicted octanol–water partition coefficient (Wildman–Crippen LogP) is 3.50. The van der Waals surface area contributed by atoms with Gasteiger partial charge in [-0.25, -0.2) is 0 Å². The number of halogens is 1. The molecule has 1 aromatic carbocycles. The van der Waals surface area contributed by atoms with Gasteiger partial charge in [0.2, 0.25) is 0 Å². The van der Waals surface area contributed by atoms with E-state index in [4.69, 9.17) is 16.3 Å². The van der Waals surface area contributed by atoms with Crippen molar-refractivity contribution in [1.82, 2.24) is 4.90 Å². The number of carbonyl (C=O) groups excluding carboxylic acids is 1. The van der Waals surface area contributed by atoms with Crippen molar-refractivity contribution in [2.24, 2.45) is 5.92 Å². The van der Waals surface area contributed by atoms with Gasteiger partial charge in [0.05, 0.1) is 18.2 Å². The fraction of sp³-hybridized carbons (Fsp3) is 0.611. The summed E-state index contributed by atoms with van der Waals surface area (Å²) in [7, 11) is 1.55. The summed E-state index contributed by atoms with van der Waals surface area (Å²) < 4.78 is 5.33. The van der Waals surface area contributed by atoms with Crippen molar-refractivity contribution in [2.75, 3.05) is 13.7 Å². The summed E-state index contributed by atoms with van der Waals surface area (Å²) in [5.41, 5.74) is 0.439. The van der Waals surface area contributed by atoms with Crippen molar-refractivity contribution in [3.8, 4) is 5.75 Å². The molecule has 3 atom stereocenters. The third-order valence-corrected chi connectivity index (χ3v) is 5.56. The maximum absolute atomic E-state index is 13.1. The Labute approximate surface area is 142 Å². The lowest BCUT2D eigenvalue weighted by Gasteiger charge is -2.37. The molecule has 1 amide bonds. The second kappa shape index (κ2) is 7.10. The molecule has 3 rings (SSSR count). The van der Waals surface area contributed by atoms with Gasteiger partial charge in [0.1, 0.15) is 11.3 Å². The zero-order valence-corrected chi connectivity index (χ0v) is 14.3. The fourth-order valence-corrected chi connectivity index (χ4v) is 4.35. The first kappa shape index (κ1) is 16.6. The summed E-state index contributed by atoms with van der Waals surface area (Å²) in [6.45, 7) is 0.723. The summed E-state index contributed by atoms with van der Waals surface area (Å²) in [5, 5.41) is 10.8. The van der Waals surface area contributed by atoms with E-state index < -0.39 is 0 Å². The quantitative estimate of drug-likeness (QED) is 0.918. The number of nitrogens with zero attached hydrogens (tertiary/aromatic N) is 1. The number of amides is 1. The Morgan fingerprint density at radius 1 is 1.26 bits per heavy atom. The van der Waals surface area contributed by atoms with Crippen molar-refractivity contribution in [2.45, 2.75) is 50.7 Å².